The molecule has 2 aromatic carbocycles. The molecule has 0 saturated carbocycles. The van der Waals surface area contributed by atoms with Gasteiger partial charge in [-0.1, -0.05) is 23.7 Å². The molecule has 7 heteroatoms. The average molecular weight is 371 g/mol. The van der Waals surface area contributed by atoms with Crippen LogP contribution in [0.25, 0.3) is 0 Å². The fourth-order valence-corrected chi connectivity index (χ4v) is 2.77. The van der Waals surface area contributed by atoms with Gasteiger partial charge in [0.2, 0.25) is 0 Å². The van der Waals surface area contributed by atoms with Gasteiger partial charge < -0.3 is 9.32 Å². The van der Waals surface area contributed by atoms with Gasteiger partial charge in [0.05, 0.1) is 17.7 Å². The first kappa shape index (κ1) is 17.7. The number of amides is 1. The lowest BCUT2D eigenvalue weighted by Gasteiger charge is -2.22. The van der Waals surface area contributed by atoms with Gasteiger partial charge in [0, 0.05) is 29.3 Å². The van der Waals surface area contributed by atoms with Crippen molar-refractivity contribution in [3.63, 3.8) is 0 Å². The largest absolute Gasteiger partial charge is 0.467 e. The maximum Gasteiger partial charge on any atom is 0.269 e. The maximum atomic E-state index is 12.9. The van der Waals surface area contributed by atoms with Crippen molar-refractivity contribution >= 4 is 23.2 Å². The minimum absolute atomic E-state index is 0.0611. The summed E-state index contributed by atoms with van der Waals surface area (Å²) in [6.07, 6.45) is 1.54. The lowest BCUT2D eigenvalue weighted by Crippen LogP contribution is -2.30. The second-order valence-corrected chi connectivity index (χ2v) is 6.11. The summed E-state index contributed by atoms with van der Waals surface area (Å²) in [5, 5.41) is 11.4. The van der Waals surface area contributed by atoms with Crippen LogP contribution in [0, 0.1) is 10.1 Å². The minimum atomic E-state index is -0.499. The van der Waals surface area contributed by atoms with Crippen LogP contribution >= 0.6 is 11.6 Å². The number of nitrogens with zero attached hydrogens (tertiary/aromatic N) is 2. The smallest absolute Gasteiger partial charge is 0.269 e. The third-order valence-corrected chi connectivity index (χ3v) is 4.04. The molecule has 1 aromatic heterocycles. The van der Waals surface area contributed by atoms with Crippen LogP contribution < -0.4 is 0 Å². The summed E-state index contributed by atoms with van der Waals surface area (Å²) in [6.45, 7) is 0.604. The number of halogens is 1. The Morgan fingerprint density at radius 1 is 1.08 bits per heavy atom. The zero-order valence-corrected chi connectivity index (χ0v) is 14.4. The van der Waals surface area contributed by atoms with Crippen molar-refractivity contribution in [3.8, 4) is 0 Å². The zero-order chi connectivity index (χ0) is 18.5. The molecule has 26 heavy (non-hydrogen) atoms. The van der Waals surface area contributed by atoms with Gasteiger partial charge in [0.15, 0.2) is 0 Å². The van der Waals surface area contributed by atoms with Crippen molar-refractivity contribution < 1.29 is 14.1 Å². The van der Waals surface area contributed by atoms with E-state index in [0.717, 1.165) is 5.56 Å². The molecule has 0 N–H and O–H groups in total. The minimum Gasteiger partial charge on any atom is -0.467 e. The Morgan fingerprint density at radius 2 is 1.85 bits per heavy atom. The number of benzene rings is 2. The topological polar surface area (TPSA) is 76.6 Å². The molecule has 0 aliphatic rings. The molecule has 0 saturated heterocycles. The van der Waals surface area contributed by atoms with Gasteiger partial charge in [-0.2, -0.15) is 0 Å². The molecule has 0 atom stereocenters. The van der Waals surface area contributed by atoms with E-state index in [2.05, 4.69) is 0 Å². The molecule has 0 radical (unpaired) electrons. The van der Waals surface area contributed by atoms with Gasteiger partial charge in [0.25, 0.3) is 11.6 Å². The van der Waals surface area contributed by atoms with E-state index in [9.17, 15) is 14.9 Å². The van der Waals surface area contributed by atoms with Gasteiger partial charge in [-0.05, 0) is 42.0 Å². The van der Waals surface area contributed by atoms with Crippen LogP contribution in [-0.2, 0) is 13.1 Å². The molecule has 132 valence electrons. The number of carbonyl (C=O) groups excluding carboxylic acids is 1. The molecule has 0 aliphatic heterocycles. The monoisotopic (exact) mass is 370 g/mol. The summed E-state index contributed by atoms with van der Waals surface area (Å²) in [6, 6.07) is 16.3. The predicted molar refractivity (Wildman–Crippen MR) is 96.8 cm³/mol. The second-order valence-electron chi connectivity index (χ2n) is 5.67. The third-order valence-electron chi connectivity index (χ3n) is 3.80. The van der Waals surface area contributed by atoms with Crippen molar-refractivity contribution in [1.29, 1.82) is 0 Å². The highest BCUT2D eigenvalue weighted by Crippen LogP contribution is 2.19. The molecule has 0 aliphatic carbocycles. The van der Waals surface area contributed by atoms with Crippen LogP contribution in [0.1, 0.15) is 21.7 Å². The molecule has 0 bridgehead atoms. The number of carbonyl (C=O) groups is 1. The Bertz CT molecular complexity index is 908. The van der Waals surface area contributed by atoms with Crippen LogP contribution in [0.4, 0.5) is 5.69 Å². The van der Waals surface area contributed by atoms with Crippen LogP contribution in [0.5, 0.6) is 0 Å². The Morgan fingerprint density at radius 3 is 2.46 bits per heavy atom. The van der Waals surface area contributed by atoms with Crippen LogP contribution in [-0.4, -0.2) is 15.7 Å². The highest BCUT2D eigenvalue weighted by atomic mass is 35.5. The maximum absolute atomic E-state index is 12.9. The van der Waals surface area contributed by atoms with Crippen LogP contribution in [0.3, 0.4) is 0 Å². The van der Waals surface area contributed by atoms with Crippen molar-refractivity contribution in [2.45, 2.75) is 13.1 Å². The predicted octanol–water partition coefficient (Wildman–Crippen LogP) is 4.68. The molecule has 3 aromatic rings. The van der Waals surface area contributed by atoms with Crippen molar-refractivity contribution in [2.75, 3.05) is 0 Å². The number of rotatable bonds is 6. The van der Waals surface area contributed by atoms with E-state index in [4.69, 9.17) is 16.0 Å². The Kier molecular flexibility index (Phi) is 5.34. The molecule has 0 spiro atoms. The van der Waals surface area contributed by atoms with E-state index in [1.807, 2.05) is 12.1 Å². The van der Waals surface area contributed by atoms with Crippen LogP contribution in [0.2, 0.25) is 5.02 Å². The zero-order valence-electron chi connectivity index (χ0n) is 13.7. The SMILES string of the molecule is O=C(c1ccc([N+](=O)[O-])cc1)N(Cc1cccc(Cl)c1)Cc1ccco1. The number of nitro groups is 1. The summed E-state index contributed by atoms with van der Waals surface area (Å²) in [7, 11) is 0. The van der Waals surface area contributed by atoms with Gasteiger partial charge >= 0.3 is 0 Å². The van der Waals surface area contributed by atoms with Crippen molar-refractivity contribution in [1.82, 2.24) is 4.90 Å². The highest BCUT2D eigenvalue weighted by Gasteiger charge is 2.19. The summed E-state index contributed by atoms with van der Waals surface area (Å²) in [4.78, 5) is 24.8. The first-order valence-corrected chi connectivity index (χ1v) is 8.21. The van der Waals surface area contributed by atoms with Gasteiger partial charge in [-0.15, -0.1) is 0 Å². The van der Waals surface area contributed by atoms with Gasteiger partial charge in [0.1, 0.15) is 5.76 Å². The quantitative estimate of drug-likeness (QED) is 0.466. The van der Waals surface area contributed by atoms with E-state index in [0.29, 0.717) is 22.9 Å². The molecule has 0 unspecified atom stereocenters. The highest BCUT2D eigenvalue weighted by molar-refractivity contribution is 6.30. The van der Waals surface area contributed by atoms with E-state index in [1.165, 1.54) is 24.3 Å². The third kappa shape index (κ3) is 4.29. The van der Waals surface area contributed by atoms with E-state index in [1.54, 1.807) is 35.4 Å². The first-order valence-electron chi connectivity index (χ1n) is 7.83. The van der Waals surface area contributed by atoms with Gasteiger partial charge in [-0.25, -0.2) is 0 Å². The fourth-order valence-electron chi connectivity index (χ4n) is 2.55. The number of hydrogen-bond donors (Lipinski definition) is 0. The lowest BCUT2D eigenvalue weighted by atomic mass is 10.1. The Balaban J connectivity index is 1.86. The number of non-ortho nitro benzene ring substituents is 1. The number of furan rings is 1. The summed E-state index contributed by atoms with van der Waals surface area (Å²) in [5.74, 6) is 0.388. The molecular weight excluding hydrogens is 356 g/mol. The normalized spacial score (nSPS) is 10.5. The second kappa shape index (κ2) is 7.84. The van der Waals surface area contributed by atoms with E-state index >= 15 is 0 Å². The van der Waals surface area contributed by atoms with Gasteiger partial charge in [-0.3, -0.25) is 14.9 Å². The first-order chi connectivity index (χ1) is 12.5. The van der Waals surface area contributed by atoms with E-state index in [-0.39, 0.29) is 18.1 Å². The Labute approximate surface area is 154 Å². The standard InChI is InChI=1S/C19H15ClN2O4/c20-16-4-1-3-14(11-16)12-21(13-18-5-2-10-26-18)19(23)15-6-8-17(9-7-15)22(24)25/h1-11H,12-13H2. The average Bonchev–Trinajstić information content (AvgIpc) is 3.14. The van der Waals surface area contributed by atoms with Crippen LogP contribution in [0.15, 0.2) is 71.3 Å². The summed E-state index contributed by atoms with van der Waals surface area (Å²) >= 11 is 6.03. The molecule has 3 rings (SSSR count). The van der Waals surface area contributed by atoms with E-state index < -0.39 is 4.92 Å². The summed E-state index contributed by atoms with van der Waals surface area (Å²) in [5.41, 5.74) is 1.18. The molecule has 6 nitrogen and oxygen atoms in total. The molecule has 1 heterocycles. The molecule has 1 amide bonds. The number of nitro benzene ring substituents is 1. The molecule has 0 fully saturated rings. The summed E-state index contributed by atoms with van der Waals surface area (Å²) < 4.78 is 5.35. The number of hydrogen-bond acceptors (Lipinski definition) is 4. The van der Waals surface area contributed by atoms with Crippen molar-refractivity contribution in [2.24, 2.45) is 0 Å². The van der Waals surface area contributed by atoms with Crippen molar-refractivity contribution in [3.05, 3.63) is 99.0 Å². The molecular formula is C19H15ClN2O4. The Hall–Kier alpha value is -3.12. The fraction of sp³-hybridized carbons (Fsp3) is 0.105. The lowest BCUT2D eigenvalue weighted by molar-refractivity contribution is -0.384.